The zero-order valence-corrected chi connectivity index (χ0v) is 12.7. The summed E-state index contributed by atoms with van der Waals surface area (Å²) in [6.45, 7) is 7.99. The van der Waals surface area contributed by atoms with E-state index >= 15 is 0 Å². The third kappa shape index (κ3) is 2.80. The van der Waals surface area contributed by atoms with Gasteiger partial charge in [0, 0.05) is 36.9 Å². The summed E-state index contributed by atoms with van der Waals surface area (Å²) >= 11 is 0. The summed E-state index contributed by atoms with van der Waals surface area (Å²) in [7, 11) is 0. The van der Waals surface area contributed by atoms with Crippen molar-refractivity contribution in [2.45, 2.75) is 46.0 Å². The Kier molecular flexibility index (Phi) is 4.20. The Balaban J connectivity index is 1.79. The van der Waals surface area contributed by atoms with Crippen LogP contribution in [0.5, 0.6) is 0 Å². The van der Waals surface area contributed by atoms with Crippen molar-refractivity contribution in [1.29, 1.82) is 0 Å². The van der Waals surface area contributed by atoms with Crippen LogP contribution in [0.25, 0.3) is 0 Å². The van der Waals surface area contributed by atoms with Crippen molar-refractivity contribution in [2.75, 3.05) is 31.2 Å². The van der Waals surface area contributed by atoms with E-state index in [9.17, 15) is 0 Å². The van der Waals surface area contributed by atoms with Crippen molar-refractivity contribution in [3.63, 3.8) is 0 Å². The second-order valence-corrected chi connectivity index (χ2v) is 5.99. The summed E-state index contributed by atoms with van der Waals surface area (Å²) in [6.07, 6.45) is 6.05. The molecule has 0 saturated carbocycles. The van der Waals surface area contributed by atoms with Crippen molar-refractivity contribution in [3.8, 4) is 0 Å². The summed E-state index contributed by atoms with van der Waals surface area (Å²) in [5, 5.41) is 0. The maximum absolute atomic E-state index is 5.58. The predicted molar refractivity (Wildman–Crippen MR) is 80.2 cm³/mol. The minimum Gasteiger partial charge on any atom is -0.381 e. The molecule has 1 aliphatic carbocycles. The fraction of sp³-hybridized carbons (Fsp3) is 0.750. The maximum Gasteiger partial charge on any atom is 0.135 e. The lowest BCUT2D eigenvalue weighted by atomic mass is 9.96. The van der Waals surface area contributed by atoms with E-state index in [-0.39, 0.29) is 0 Å². The molecule has 0 N–H and O–H groups in total. The number of aromatic nitrogens is 2. The van der Waals surface area contributed by atoms with Gasteiger partial charge in [0.15, 0.2) is 0 Å². The highest BCUT2D eigenvalue weighted by atomic mass is 16.5. The fourth-order valence-electron chi connectivity index (χ4n) is 3.40. The van der Waals surface area contributed by atoms with E-state index in [0.29, 0.717) is 5.92 Å². The normalized spacial score (nSPS) is 22.1. The van der Waals surface area contributed by atoms with E-state index in [1.165, 1.54) is 36.3 Å². The van der Waals surface area contributed by atoms with Gasteiger partial charge in [-0.15, -0.1) is 0 Å². The van der Waals surface area contributed by atoms with Crippen LogP contribution in [-0.2, 0) is 17.6 Å². The smallest absolute Gasteiger partial charge is 0.135 e. The number of hydrogen-bond acceptors (Lipinski definition) is 4. The van der Waals surface area contributed by atoms with Gasteiger partial charge in [-0.05, 0) is 46.0 Å². The Morgan fingerprint density at radius 1 is 1.25 bits per heavy atom. The molecule has 0 bridgehead atoms. The van der Waals surface area contributed by atoms with Gasteiger partial charge in [0.05, 0.1) is 6.61 Å². The molecular formula is C16H25N3O. The maximum atomic E-state index is 5.58. The molecule has 1 aliphatic heterocycles. The topological polar surface area (TPSA) is 38.2 Å². The molecule has 4 heteroatoms. The van der Waals surface area contributed by atoms with E-state index in [4.69, 9.17) is 9.72 Å². The summed E-state index contributed by atoms with van der Waals surface area (Å²) in [4.78, 5) is 11.9. The van der Waals surface area contributed by atoms with Gasteiger partial charge >= 0.3 is 0 Å². The number of rotatable bonds is 4. The molecule has 0 aromatic carbocycles. The molecule has 1 unspecified atom stereocenters. The zero-order chi connectivity index (χ0) is 13.9. The standard InChI is InChI=1S/C16H25N3O/c1-3-20-11-13-8-9-19(10-13)16-14-6-4-5-7-15(14)17-12(2)18-16/h13H,3-11H2,1-2H3. The van der Waals surface area contributed by atoms with Gasteiger partial charge < -0.3 is 9.64 Å². The molecular weight excluding hydrogens is 250 g/mol. The number of nitrogens with zero attached hydrogens (tertiary/aromatic N) is 3. The van der Waals surface area contributed by atoms with Crippen molar-refractivity contribution in [3.05, 3.63) is 17.1 Å². The van der Waals surface area contributed by atoms with Crippen LogP contribution in [0, 0.1) is 12.8 Å². The van der Waals surface area contributed by atoms with Crippen LogP contribution in [0.15, 0.2) is 0 Å². The molecule has 1 saturated heterocycles. The highest BCUT2D eigenvalue weighted by molar-refractivity contribution is 5.51. The average Bonchev–Trinajstić information content (AvgIpc) is 2.93. The Morgan fingerprint density at radius 3 is 2.95 bits per heavy atom. The van der Waals surface area contributed by atoms with Crippen LogP contribution < -0.4 is 4.90 Å². The zero-order valence-electron chi connectivity index (χ0n) is 12.7. The van der Waals surface area contributed by atoms with Gasteiger partial charge in [0.25, 0.3) is 0 Å². The molecule has 0 radical (unpaired) electrons. The lowest BCUT2D eigenvalue weighted by Gasteiger charge is -2.25. The first-order valence-corrected chi connectivity index (χ1v) is 7.97. The highest BCUT2D eigenvalue weighted by Gasteiger charge is 2.27. The number of ether oxygens (including phenoxy) is 1. The first-order valence-electron chi connectivity index (χ1n) is 7.97. The van der Waals surface area contributed by atoms with Gasteiger partial charge in [0.1, 0.15) is 11.6 Å². The summed E-state index contributed by atoms with van der Waals surface area (Å²) in [5.41, 5.74) is 2.71. The Labute approximate surface area is 121 Å². The first-order chi connectivity index (χ1) is 9.78. The summed E-state index contributed by atoms with van der Waals surface area (Å²) in [5.74, 6) is 2.80. The highest BCUT2D eigenvalue weighted by Crippen LogP contribution is 2.31. The molecule has 110 valence electrons. The SMILES string of the molecule is CCOCC1CCN(c2nc(C)nc3c2CCCC3)C1. The second kappa shape index (κ2) is 6.08. The molecule has 20 heavy (non-hydrogen) atoms. The fourth-order valence-corrected chi connectivity index (χ4v) is 3.40. The number of hydrogen-bond donors (Lipinski definition) is 0. The van der Waals surface area contributed by atoms with E-state index in [1.54, 1.807) is 0 Å². The third-order valence-corrected chi connectivity index (χ3v) is 4.42. The van der Waals surface area contributed by atoms with E-state index in [1.807, 2.05) is 6.92 Å². The Hall–Kier alpha value is -1.16. The van der Waals surface area contributed by atoms with E-state index in [0.717, 1.165) is 45.0 Å². The Bertz CT molecular complexity index is 475. The van der Waals surface area contributed by atoms with Gasteiger partial charge in [-0.1, -0.05) is 0 Å². The van der Waals surface area contributed by atoms with Crippen molar-refractivity contribution < 1.29 is 4.74 Å². The molecule has 1 fully saturated rings. The van der Waals surface area contributed by atoms with Crippen LogP contribution in [0.4, 0.5) is 5.82 Å². The van der Waals surface area contributed by atoms with Crippen molar-refractivity contribution in [2.24, 2.45) is 5.92 Å². The molecule has 1 atom stereocenters. The number of aryl methyl sites for hydroxylation is 2. The molecule has 2 heterocycles. The predicted octanol–water partition coefficient (Wildman–Crippen LogP) is 2.53. The lowest BCUT2D eigenvalue weighted by Crippen LogP contribution is -2.25. The molecule has 0 amide bonds. The number of anilines is 1. The average molecular weight is 275 g/mol. The Morgan fingerprint density at radius 2 is 2.10 bits per heavy atom. The van der Waals surface area contributed by atoms with Crippen LogP contribution >= 0.6 is 0 Å². The molecule has 1 aromatic heterocycles. The quantitative estimate of drug-likeness (QED) is 0.846. The van der Waals surface area contributed by atoms with Crippen molar-refractivity contribution >= 4 is 5.82 Å². The number of fused-ring (bicyclic) bond motifs is 1. The largest absolute Gasteiger partial charge is 0.381 e. The van der Waals surface area contributed by atoms with Crippen LogP contribution in [0.3, 0.4) is 0 Å². The monoisotopic (exact) mass is 275 g/mol. The second-order valence-electron chi connectivity index (χ2n) is 5.99. The van der Waals surface area contributed by atoms with Crippen molar-refractivity contribution in [1.82, 2.24) is 9.97 Å². The first kappa shape index (κ1) is 13.8. The minimum absolute atomic E-state index is 0.657. The molecule has 1 aromatic rings. The molecule has 0 spiro atoms. The molecule has 3 rings (SSSR count). The van der Waals surface area contributed by atoms with Crippen LogP contribution in [0.2, 0.25) is 0 Å². The van der Waals surface area contributed by atoms with Crippen LogP contribution in [-0.4, -0.2) is 36.3 Å². The minimum atomic E-state index is 0.657. The van der Waals surface area contributed by atoms with E-state index < -0.39 is 0 Å². The lowest BCUT2D eigenvalue weighted by molar-refractivity contribution is 0.117. The van der Waals surface area contributed by atoms with Gasteiger partial charge in [-0.25, -0.2) is 9.97 Å². The van der Waals surface area contributed by atoms with Gasteiger partial charge in [-0.3, -0.25) is 0 Å². The van der Waals surface area contributed by atoms with E-state index in [2.05, 4.69) is 16.8 Å². The third-order valence-electron chi connectivity index (χ3n) is 4.42. The molecule has 2 aliphatic rings. The van der Waals surface area contributed by atoms with Gasteiger partial charge in [-0.2, -0.15) is 0 Å². The van der Waals surface area contributed by atoms with Gasteiger partial charge in [0.2, 0.25) is 0 Å². The summed E-state index contributed by atoms with van der Waals surface area (Å²) < 4.78 is 5.58. The molecule has 4 nitrogen and oxygen atoms in total. The van der Waals surface area contributed by atoms with Crippen LogP contribution in [0.1, 0.15) is 43.3 Å². The summed E-state index contributed by atoms with van der Waals surface area (Å²) in [6, 6.07) is 0.